The molecule has 0 radical (unpaired) electrons. The molecule has 2 fully saturated rings. The van der Waals surface area contributed by atoms with Crippen LogP contribution in [0.3, 0.4) is 0 Å². The summed E-state index contributed by atoms with van der Waals surface area (Å²) in [6.45, 7) is 8.37. The second-order valence-electron chi connectivity index (χ2n) is 7.55. The first-order valence-corrected chi connectivity index (χ1v) is 9.90. The Morgan fingerprint density at radius 1 is 1.08 bits per heavy atom. The van der Waals surface area contributed by atoms with E-state index in [4.69, 9.17) is 0 Å². The van der Waals surface area contributed by atoms with Crippen molar-refractivity contribution >= 4 is 11.8 Å². The average molecular weight is 338 g/mol. The number of rotatable bonds is 8. The largest absolute Gasteiger partial charge is 0.353 e. The van der Waals surface area contributed by atoms with Crippen molar-refractivity contribution in [2.75, 3.05) is 32.7 Å². The second-order valence-corrected chi connectivity index (χ2v) is 7.55. The third-order valence-corrected chi connectivity index (χ3v) is 5.37. The number of carbonyl (C=O) groups is 2. The molecule has 0 aromatic carbocycles. The van der Waals surface area contributed by atoms with Gasteiger partial charge in [-0.05, 0) is 52.1 Å². The van der Waals surface area contributed by atoms with Gasteiger partial charge < -0.3 is 10.2 Å². The van der Waals surface area contributed by atoms with E-state index in [1.54, 1.807) is 0 Å². The van der Waals surface area contributed by atoms with Crippen molar-refractivity contribution < 1.29 is 9.59 Å². The van der Waals surface area contributed by atoms with E-state index in [0.29, 0.717) is 12.5 Å². The zero-order chi connectivity index (χ0) is 17.4. The highest BCUT2D eigenvalue weighted by atomic mass is 16.2. The summed E-state index contributed by atoms with van der Waals surface area (Å²) in [5.74, 6) is 0.653. The van der Waals surface area contributed by atoms with Gasteiger partial charge in [-0.25, -0.2) is 0 Å². The summed E-state index contributed by atoms with van der Waals surface area (Å²) in [7, 11) is 0. The Morgan fingerprint density at radius 2 is 1.75 bits per heavy atom. The third kappa shape index (κ3) is 6.08. The van der Waals surface area contributed by atoms with Crippen LogP contribution in [-0.2, 0) is 9.59 Å². The van der Waals surface area contributed by atoms with Crippen LogP contribution in [0.2, 0.25) is 0 Å². The van der Waals surface area contributed by atoms with Crippen LogP contribution >= 0.6 is 0 Å². The summed E-state index contributed by atoms with van der Waals surface area (Å²) in [6.07, 6.45) is 8.80. The molecule has 5 heteroatoms. The molecule has 2 rings (SSSR count). The number of nitrogens with one attached hydrogen (secondary N) is 1. The van der Waals surface area contributed by atoms with Crippen LogP contribution in [0.1, 0.15) is 65.2 Å². The van der Waals surface area contributed by atoms with E-state index in [1.807, 2.05) is 4.90 Å². The smallest absolute Gasteiger partial charge is 0.234 e. The highest BCUT2D eigenvalue weighted by Crippen LogP contribution is 2.21. The minimum atomic E-state index is 0.128. The van der Waals surface area contributed by atoms with Crippen LogP contribution in [0, 0.1) is 5.92 Å². The van der Waals surface area contributed by atoms with Gasteiger partial charge >= 0.3 is 0 Å². The highest BCUT2D eigenvalue weighted by molar-refractivity contribution is 5.80. The number of unbranched alkanes of at least 4 members (excludes halogenated alkanes) is 2. The lowest BCUT2D eigenvalue weighted by Crippen LogP contribution is -2.46. The summed E-state index contributed by atoms with van der Waals surface area (Å²) in [4.78, 5) is 28.8. The predicted molar refractivity (Wildman–Crippen MR) is 96.7 cm³/mol. The van der Waals surface area contributed by atoms with Crippen molar-refractivity contribution in [1.82, 2.24) is 15.1 Å². The average Bonchev–Trinajstić information content (AvgIpc) is 3.09. The normalized spacial score (nSPS) is 21.0. The molecule has 2 heterocycles. The van der Waals surface area contributed by atoms with Gasteiger partial charge in [0.1, 0.15) is 0 Å². The lowest BCUT2D eigenvalue weighted by atomic mass is 9.95. The molecule has 0 aliphatic carbocycles. The van der Waals surface area contributed by atoms with Crippen molar-refractivity contribution in [1.29, 1.82) is 0 Å². The Balaban J connectivity index is 1.63. The van der Waals surface area contributed by atoms with Crippen molar-refractivity contribution in [3.8, 4) is 0 Å². The SMILES string of the molecule is CCCCCC(C)NC(=O)CN1CCC(C(=O)N2CCCC2)CC1. The molecule has 1 unspecified atom stereocenters. The van der Waals surface area contributed by atoms with Crippen molar-refractivity contribution in [3.05, 3.63) is 0 Å². The molecule has 2 amide bonds. The van der Waals surface area contributed by atoms with Gasteiger partial charge in [0.15, 0.2) is 0 Å². The van der Waals surface area contributed by atoms with Gasteiger partial charge in [0.25, 0.3) is 0 Å². The monoisotopic (exact) mass is 337 g/mol. The number of carbonyl (C=O) groups excluding carboxylic acids is 2. The van der Waals surface area contributed by atoms with Crippen LogP contribution in [0.25, 0.3) is 0 Å². The Labute approximate surface area is 147 Å². The topological polar surface area (TPSA) is 52.7 Å². The number of amides is 2. The summed E-state index contributed by atoms with van der Waals surface area (Å²) < 4.78 is 0. The first-order chi connectivity index (χ1) is 11.6. The second kappa shape index (κ2) is 10.0. The van der Waals surface area contributed by atoms with Gasteiger partial charge in [-0.15, -0.1) is 0 Å². The van der Waals surface area contributed by atoms with Gasteiger partial charge in [0, 0.05) is 25.0 Å². The van der Waals surface area contributed by atoms with Crippen LogP contribution in [0.5, 0.6) is 0 Å². The van der Waals surface area contributed by atoms with Crippen molar-refractivity contribution in [2.24, 2.45) is 5.92 Å². The molecule has 0 aromatic heterocycles. The minimum absolute atomic E-state index is 0.128. The number of hydrogen-bond donors (Lipinski definition) is 1. The van der Waals surface area contributed by atoms with Gasteiger partial charge in [-0.3, -0.25) is 14.5 Å². The van der Waals surface area contributed by atoms with Gasteiger partial charge in [0.2, 0.25) is 11.8 Å². The Kier molecular flexibility index (Phi) is 8.03. The van der Waals surface area contributed by atoms with Crippen molar-refractivity contribution in [2.45, 2.75) is 71.3 Å². The van der Waals surface area contributed by atoms with Crippen LogP contribution in [0.4, 0.5) is 0 Å². The molecule has 1 N–H and O–H groups in total. The van der Waals surface area contributed by atoms with E-state index < -0.39 is 0 Å². The highest BCUT2D eigenvalue weighted by Gasteiger charge is 2.30. The summed E-state index contributed by atoms with van der Waals surface area (Å²) in [5.41, 5.74) is 0. The number of nitrogens with zero attached hydrogens (tertiary/aromatic N) is 2. The third-order valence-electron chi connectivity index (χ3n) is 5.37. The summed E-state index contributed by atoms with van der Waals surface area (Å²) in [6, 6.07) is 0.262. The Morgan fingerprint density at radius 3 is 2.38 bits per heavy atom. The maximum absolute atomic E-state index is 12.4. The fraction of sp³-hybridized carbons (Fsp3) is 0.895. The van der Waals surface area contributed by atoms with Crippen LogP contribution < -0.4 is 5.32 Å². The van der Waals surface area contributed by atoms with E-state index in [0.717, 1.165) is 58.3 Å². The fourth-order valence-electron chi connectivity index (χ4n) is 3.83. The van der Waals surface area contributed by atoms with Crippen LogP contribution in [0.15, 0.2) is 0 Å². The standard InChI is InChI=1S/C19H35N3O2/c1-3-4-5-8-16(2)20-18(23)15-21-13-9-17(10-14-21)19(24)22-11-6-7-12-22/h16-17H,3-15H2,1-2H3,(H,20,23). The molecule has 5 nitrogen and oxygen atoms in total. The van der Waals surface area contributed by atoms with Crippen molar-refractivity contribution in [3.63, 3.8) is 0 Å². The molecular weight excluding hydrogens is 302 g/mol. The molecule has 2 aliphatic rings. The lowest BCUT2D eigenvalue weighted by molar-refractivity contribution is -0.136. The van der Waals surface area contributed by atoms with Crippen LogP contribution in [-0.4, -0.2) is 60.4 Å². The molecule has 0 aromatic rings. The molecule has 0 saturated carbocycles. The van der Waals surface area contributed by atoms with E-state index in [1.165, 1.54) is 19.3 Å². The van der Waals surface area contributed by atoms with E-state index >= 15 is 0 Å². The van der Waals surface area contributed by atoms with Gasteiger partial charge in [0.05, 0.1) is 6.54 Å². The Hall–Kier alpha value is -1.10. The molecule has 0 bridgehead atoms. The van der Waals surface area contributed by atoms with Gasteiger partial charge in [-0.2, -0.15) is 0 Å². The lowest BCUT2D eigenvalue weighted by Gasteiger charge is -2.32. The molecule has 0 spiro atoms. The number of hydrogen-bond acceptors (Lipinski definition) is 3. The number of likely N-dealkylation sites (tertiary alicyclic amines) is 2. The minimum Gasteiger partial charge on any atom is -0.353 e. The zero-order valence-electron chi connectivity index (χ0n) is 15.6. The van der Waals surface area contributed by atoms with Gasteiger partial charge in [-0.1, -0.05) is 26.2 Å². The van der Waals surface area contributed by atoms with E-state index in [9.17, 15) is 9.59 Å². The maximum atomic E-state index is 12.4. The summed E-state index contributed by atoms with van der Waals surface area (Å²) >= 11 is 0. The quantitative estimate of drug-likeness (QED) is 0.692. The molecule has 24 heavy (non-hydrogen) atoms. The number of piperidine rings is 1. The first-order valence-electron chi connectivity index (χ1n) is 9.90. The molecule has 138 valence electrons. The molecule has 2 aliphatic heterocycles. The van der Waals surface area contributed by atoms with E-state index in [-0.39, 0.29) is 17.9 Å². The predicted octanol–water partition coefficient (Wildman–Crippen LogP) is 2.41. The zero-order valence-corrected chi connectivity index (χ0v) is 15.6. The maximum Gasteiger partial charge on any atom is 0.234 e. The molecule has 1 atom stereocenters. The molecule has 2 saturated heterocycles. The Bertz CT molecular complexity index is 399. The summed E-state index contributed by atoms with van der Waals surface area (Å²) in [5, 5.41) is 3.11. The fourth-order valence-corrected chi connectivity index (χ4v) is 3.83. The van der Waals surface area contributed by atoms with E-state index in [2.05, 4.69) is 24.1 Å². The molecular formula is C19H35N3O2. The first kappa shape index (κ1) is 19.2.